The summed E-state index contributed by atoms with van der Waals surface area (Å²) in [7, 11) is 0. The number of hydrogen-bond donors (Lipinski definition) is 1. The average molecular weight is 368 g/mol. The number of benzene rings is 1. The second-order valence-corrected chi connectivity index (χ2v) is 9.64. The van der Waals surface area contributed by atoms with Crippen LogP contribution < -0.4 is 0 Å². The van der Waals surface area contributed by atoms with Gasteiger partial charge in [0.15, 0.2) is 0 Å². The zero-order valence-electron chi connectivity index (χ0n) is 13.1. The predicted octanol–water partition coefficient (Wildman–Crippen LogP) is 6.92. The molecule has 0 spiro atoms. The third kappa shape index (κ3) is 4.99. The van der Waals surface area contributed by atoms with E-state index in [9.17, 15) is 5.11 Å². The van der Waals surface area contributed by atoms with Crippen molar-refractivity contribution in [1.82, 2.24) is 0 Å². The molecule has 5 heteroatoms. The molecule has 0 heterocycles. The van der Waals surface area contributed by atoms with Crippen molar-refractivity contribution in [3.8, 4) is 5.75 Å². The molecular weight excluding hydrogens is 347 g/mol. The molecule has 0 aliphatic heterocycles. The highest BCUT2D eigenvalue weighted by molar-refractivity contribution is 8.04. The number of hydrogen-bond acceptors (Lipinski definition) is 2. The van der Waals surface area contributed by atoms with Gasteiger partial charge in [-0.15, -0.1) is 0 Å². The fraction of sp³-hybridized carbons (Fsp3) is 0.500. The van der Waals surface area contributed by atoms with Gasteiger partial charge in [0.1, 0.15) is 14.6 Å². The maximum atomic E-state index is 10.6. The average Bonchev–Trinajstić information content (AvgIpc) is 2.27. The van der Waals surface area contributed by atoms with Crippen molar-refractivity contribution < 1.29 is 5.11 Å². The maximum Gasteiger partial charge on any atom is 0.132 e. The minimum atomic E-state index is -0.179. The fourth-order valence-corrected chi connectivity index (χ4v) is 3.09. The molecule has 1 aromatic rings. The third-order valence-corrected chi connectivity index (χ3v) is 5.13. The summed E-state index contributed by atoms with van der Waals surface area (Å²) in [6.07, 6.45) is 0. The van der Waals surface area contributed by atoms with Crippen LogP contribution in [0.5, 0.6) is 5.75 Å². The predicted molar refractivity (Wildman–Crippen MR) is 95.9 cm³/mol. The molecule has 21 heavy (non-hydrogen) atoms. The normalized spacial score (nSPS) is 12.4. The Hall–Kier alpha value is -0.0200. The first-order chi connectivity index (χ1) is 9.34. The van der Waals surface area contributed by atoms with Gasteiger partial charge in [0.05, 0.1) is 0 Å². The van der Waals surface area contributed by atoms with E-state index in [-0.39, 0.29) is 15.3 Å². The van der Waals surface area contributed by atoms with E-state index >= 15 is 0 Å². The summed E-state index contributed by atoms with van der Waals surface area (Å²) in [4.78, 5) is 0.909. The fourth-order valence-electron chi connectivity index (χ4n) is 1.95. The number of thioether (sulfide) groups is 1. The van der Waals surface area contributed by atoms with Crippen molar-refractivity contribution in [2.75, 3.05) is 0 Å². The van der Waals surface area contributed by atoms with Gasteiger partial charge in [-0.25, -0.2) is 0 Å². The Labute approximate surface area is 146 Å². The number of phenols is 1. The van der Waals surface area contributed by atoms with Gasteiger partial charge >= 0.3 is 0 Å². The van der Waals surface area contributed by atoms with Crippen molar-refractivity contribution in [1.29, 1.82) is 0 Å². The standard InChI is InChI=1S/C16H21Cl3OS/c1-15(2,3)10-7-9(21-14(19)13(17)18)8-11(12(10)20)16(4,5)6/h7-8,20H,1-6H3. The van der Waals surface area contributed by atoms with Gasteiger partial charge in [0, 0.05) is 16.0 Å². The van der Waals surface area contributed by atoms with Gasteiger partial charge in [0.25, 0.3) is 0 Å². The van der Waals surface area contributed by atoms with Crippen LogP contribution in [0.1, 0.15) is 52.7 Å². The highest BCUT2D eigenvalue weighted by Crippen LogP contribution is 2.44. The molecule has 0 saturated carbocycles. The van der Waals surface area contributed by atoms with Crippen molar-refractivity contribution >= 4 is 46.6 Å². The lowest BCUT2D eigenvalue weighted by atomic mass is 9.79. The van der Waals surface area contributed by atoms with Crippen molar-refractivity contribution in [3.63, 3.8) is 0 Å². The van der Waals surface area contributed by atoms with Gasteiger partial charge in [-0.3, -0.25) is 0 Å². The van der Waals surface area contributed by atoms with Crippen LogP contribution in [0.3, 0.4) is 0 Å². The Morgan fingerprint density at radius 1 is 0.905 bits per heavy atom. The highest BCUT2D eigenvalue weighted by atomic mass is 35.5. The first-order valence-corrected chi connectivity index (χ1v) is 8.55. The number of aromatic hydroxyl groups is 1. The van der Waals surface area contributed by atoms with Gasteiger partial charge in [-0.2, -0.15) is 0 Å². The molecule has 1 N–H and O–H groups in total. The summed E-state index contributed by atoms with van der Waals surface area (Å²) in [6, 6.07) is 3.88. The minimum absolute atomic E-state index is 0.0457. The van der Waals surface area contributed by atoms with Crippen LogP contribution in [-0.4, -0.2) is 5.11 Å². The Bertz CT molecular complexity index is 527. The summed E-state index contributed by atoms with van der Waals surface area (Å²) >= 11 is 18.8. The van der Waals surface area contributed by atoms with Crippen LogP contribution in [0.2, 0.25) is 0 Å². The lowest BCUT2D eigenvalue weighted by Crippen LogP contribution is -2.17. The first kappa shape index (κ1) is 19.0. The molecule has 0 amide bonds. The van der Waals surface area contributed by atoms with E-state index in [0.29, 0.717) is 10.1 Å². The van der Waals surface area contributed by atoms with Crippen LogP contribution in [-0.2, 0) is 10.8 Å². The monoisotopic (exact) mass is 366 g/mol. The SMILES string of the molecule is CC(C)(C)c1cc(SC(Cl)=C(Cl)Cl)cc(C(C)(C)C)c1O. The summed E-state index contributed by atoms with van der Waals surface area (Å²) in [6.45, 7) is 12.4. The molecule has 0 aliphatic carbocycles. The van der Waals surface area contributed by atoms with E-state index in [1.807, 2.05) is 12.1 Å². The van der Waals surface area contributed by atoms with Gasteiger partial charge < -0.3 is 5.11 Å². The molecule has 0 unspecified atom stereocenters. The molecule has 0 bridgehead atoms. The van der Waals surface area contributed by atoms with E-state index in [0.717, 1.165) is 16.0 Å². The zero-order valence-corrected chi connectivity index (χ0v) is 16.2. The molecule has 1 rings (SSSR count). The second-order valence-electron chi connectivity index (χ2n) is 7.00. The first-order valence-electron chi connectivity index (χ1n) is 6.60. The van der Waals surface area contributed by atoms with Gasteiger partial charge in [0.2, 0.25) is 0 Å². The molecule has 118 valence electrons. The molecule has 1 aromatic carbocycles. The molecule has 0 saturated heterocycles. The zero-order chi connectivity index (χ0) is 16.6. The van der Waals surface area contributed by atoms with Crippen LogP contribution in [0, 0.1) is 0 Å². The Kier molecular flexibility index (Phi) is 6.00. The van der Waals surface area contributed by atoms with Crippen LogP contribution in [0.25, 0.3) is 0 Å². The number of phenolic OH excluding ortho intramolecular Hbond substituents is 1. The summed E-state index contributed by atoms with van der Waals surface area (Å²) in [5.41, 5.74) is 1.41. The topological polar surface area (TPSA) is 20.2 Å². The van der Waals surface area contributed by atoms with E-state index in [2.05, 4.69) is 41.5 Å². The van der Waals surface area contributed by atoms with Crippen molar-refractivity contribution in [2.24, 2.45) is 0 Å². The largest absolute Gasteiger partial charge is 0.507 e. The van der Waals surface area contributed by atoms with Crippen LogP contribution in [0.4, 0.5) is 0 Å². The third-order valence-electron chi connectivity index (χ3n) is 3.06. The molecule has 0 aliphatic rings. The molecular formula is C16H21Cl3OS. The van der Waals surface area contributed by atoms with E-state index < -0.39 is 0 Å². The number of halogens is 3. The number of rotatable bonds is 2. The molecule has 0 fully saturated rings. The summed E-state index contributed by atoms with van der Waals surface area (Å²) < 4.78 is 0.369. The lowest BCUT2D eigenvalue weighted by molar-refractivity contribution is 0.422. The lowest BCUT2D eigenvalue weighted by Gasteiger charge is -2.28. The second kappa shape index (κ2) is 6.62. The van der Waals surface area contributed by atoms with Gasteiger partial charge in [-0.1, -0.05) is 88.1 Å². The Balaban J connectivity index is 3.52. The quantitative estimate of drug-likeness (QED) is 0.572. The Morgan fingerprint density at radius 2 is 1.29 bits per heavy atom. The van der Waals surface area contributed by atoms with Crippen LogP contribution in [0.15, 0.2) is 25.9 Å². The van der Waals surface area contributed by atoms with Crippen molar-refractivity contribution in [2.45, 2.75) is 57.3 Å². The van der Waals surface area contributed by atoms with E-state index in [1.165, 1.54) is 11.8 Å². The molecule has 0 aromatic heterocycles. The van der Waals surface area contributed by atoms with Crippen LogP contribution >= 0.6 is 46.6 Å². The molecule has 0 atom stereocenters. The smallest absolute Gasteiger partial charge is 0.132 e. The molecule has 1 nitrogen and oxygen atoms in total. The summed E-state index contributed by atoms with van der Waals surface area (Å²) in [5.74, 6) is 0.344. The van der Waals surface area contributed by atoms with E-state index in [4.69, 9.17) is 34.8 Å². The molecule has 0 radical (unpaired) electrons. The highest BCUT2D eigenvalue weighted by Gasteiger charge is 2.26. The van der Waals surface area contributed by atoms with Crippen molar-refractivity contribution in [3.05, 3.63) is 32.1 Å². The van der Waals surface area contributed by atoms with E-state index in [1.54, 1.807) is 0 Å². The van der Waals surface area contributed by atoms with Gasteiger partial charge in [-0.05, 0) is 23.0 Å². The maximum absolute atomic E-state index is 10.6. The Morgan fingerprint density at radius 3 is 1.57 bits per heavy atom. The summed E-state index contributed by atoms with van der Waals surface area (Å²) in [5, 5.41) is 10.6. The minimum Gasteiger partial charge on any atom is -0.507 e.